The second kappa shape index (κ2) is 5.52. The summed E-state index contributed by atoms with van der Waals surface area (Å²) in [6.45, 7) is 4.68. The highest BCUT2D eigenvalue weighted by Crippen LogP contribution is 2.14. The number of nitrogens with one attached hydrogen (secondary N) is 1. The minimum absolute atomic E-state index is 0.204. The molecule has 4 nitrogen and oxygen atoms in total. The molecular weight excluding hydrogens is 240 g/mol. The standard InChI is InChI=1S/C15H16N2O2/c1-10-5-11(2)7-14(6-10)17-9-13-4-3-12(8-16-13)15(18)19/h3-8,17H,9H2,1-2H3,(H,18,19). The molecule has 0 spiro atoms. The summed E-state index contributed by atoms with van der Waals surface area (Å²) >= 11 is 0. The van der Waals surface area contributed by atoms with Gasteiger partial charge in [0.2, 0.25) is 0 Å². The van der Waals surface area contributed by atoms with Crippen LogP contribution in [0.3, 0.4) is 0 Å². The van der Waals surface area contributed by atoms with E-state index < -0.39 is 5.97 Å². The summed E-state index contributed by atoms with van der Waals surface area (Å²) in [5, 5.41) is 12.1. The Hall–Kier alpha value is -2.36. The van der Waals surface area contributed by atoms with Crippen LogP contribution in [0.5, 0.6) is 0 Å². The fourth-order valence-electron chi connectivity index (χ4n) is 1.92. The van der Waals surface area contributed by atoms with Gasteiger partial charge in [0.1, 0.15) is 0 Å². The van der Waals surface area contributed by atoms with Gasteiger partial charge in [-0.2, -0.15) is 0 Å². The summed E-state index contributed by atoms with van der Waals surface area (Å²) in [7, 11) is 0. The lowest BCUT2D eigenvalue weighted by Gasteiger charge is -2.08. The Bertz CT molecular complexity index is 571. The molecule has 19 heavy (non-hydrogen) atoms. The molecule has 0 aliphatic heterocycles. The van der Waals surface area contributed by atoms with Crippen molar-refractivity contribution >= 4 is 11.7 Å². The van der Waals surface area contributed by atoms with E-state index in [0.29, 0.717) is 6.54 Å². The number of aromatic carboxylic acids is 1. The molecule has 4 heteroatoms. The van der Waals surface area contributed by atoms with Gasteiger partial charge in [0, 0.05) is 11.9 Å². The van der Waals surface area contributed by atoms with E-state index in [1.54, 1.807) is 12.1 Å². The van der Waals surface area contributed by atoms with Gasteiger partial charge in [0.05, 0.1) is 17.8 Å². The van der Waals surface area contributed by atoms with Crippen molar-refractivity contribution in [2.24, 2.45) is 0 Å². The van der Waals surface area contributed by atoms with Crippen LogP contribution in [0.1, 0.15) is 27.2 Å². The third-order valence-corrected chi connectivity index (χ3v) is 2.77. The Kier molecular flexibility index (Phi) is 3.80. The first-order valence-corrected chi connectivity index (χ1v) is 6.05. The predicted octanol–water partition coefficient (Wildman–Crippen LogP) is 3.01. The van der Waals surface area contributed by atoms with E-state index in [9.17, 15) is 4.79 Å². The van der Waals surface area contributed by atoms with E-state index in [-0.39, 0.29) is 5.56 Å². The van der Waals surface area contributed by atoms with Gasteiger partial charge < -0.3 is 10.4 Å². The normalized spacial score (nSPS) is 10.2. The maximum atomic E-state index is 10.7. The van der Waals surface area contributed by atoms with E-state index in [2.05, 4.69) is 42.3 Å². The monoisotopic (exact) mass is 256 g/mol. The van der Waals surface area contributed by atoms with Gasteiger partial charge in [-0.1, -0.05) is 6.07 Å². The third-order valence-electron chi connectivity index (χ3n) is 2.77. The van der Waals surface area contributed by atoms with Gasteiger partial charge in [-0.05, 0) is 49.2 Å². The lowest BCUT2D eigenvalue weighted by atomic mass is 10.1. The first-order valence-electron chi connectivity index (χ1n) is 6.05. The molecule has 98 valence electrons. The van der Waals surface area contributed by atoms with Crippen molar-refractivity contribution in [3.8, 4) is 0 Å². The molecule has 0 fully saturated rings. The highest BCUT2D eigenvalue weighted by Gasteiger charge is 2.03. The summed E-state index contributed by atoms with van der Waals surface area (Å²) in [5.41, 5.74) is 4.47. The zero-order chi connectivity index (χ0) is 13.8. The number of carbonyl (C=O) groups is 1. The molecule has 0 saturated carbocycles. The number of hydrogen-bond acceptors (Lipinski definition) is 3. The van der Waals surface area contributed by atoms with Crippen molar-refractivity contribution < 1.29 is 9.90 Å². The van der Waals surface area contributed by atoms with Crippen LogP contribution in [-0.4, -0.2) is 16.1 Å². The number of nitrogens with zero attached hydrogens (tertiary/aromatic N) is 1. The van der Waals surface area contributed by atoms with Crippen LogP contribution in [0.25, 0.3) is 0 Å². The number of rotatable bonds is 4. The summed E-state index contributed by atoms with van der Waals surface area (Å²) in [5.74, 6) is -0.957. The highest BCUT2D eigenvalue weighted by molar-refractivity contribution is 5.87. The topological polar surface area (TPSA) is 62.2 Å². The number of anilines is 1. The van der Waals surface area contributed by atoms with Crippen molar-refractivity contribution in [1.82, 2.24) is 4.98 Å². The molecular formula is C15H16N2O2. The van der Waals surface area contributed by atoms with Crippen LogP contribution < -0.4 is 5.32 Å². The summed E-state index contributed by atoms with van der Waals surface area (Å²) in [4.78, 5) is 14.8. The van der Waals surface area contributed by atoms with E-state index in [1.165, 1.54) is 17.3 Å². The second-order valence-electron chi connectivity index (χ2n) is 4.57. The molecule has 1 heterocycles. The summed E-state index contributed by atoms with van der Waals surface area (Å²) < 4.78 is 0. The molecule has 0 amide bonds. The maximum absolute atomic E-state index is 10.7. The van der Waals surface area contributed by atoms with Crippen molar-refractivity contribution in [2.45, 2.75) is 20.4 Å². The van der Waals surface area contributed by atoms with E-state index in [4.69, 9.17) is 5.11 Å². The minimum atomic E-state index is -0.957. The van der Waals surface area contributed by atoms with Crippen LogP contribution >= 0.6 is 0 Å². The van der Waals surface area contributed by atoms with Gasteiger partial charge in [-0.15, -0.1) is 0 Å². The van der Waals surface area contributed by atoms with Crippen molar-refractivity contribution in [3.05, 3.63) is 58.9 Å². The largest absolute Gasteiger partial charge is 0.478 e. The maximum Gasteiger partial charge on any atom is 0.337 e. The Labute approximate surface area is 112 Å². The molecule has 1 aromatic carbocycles. The SMILES string of the molecule is Cc1cc(C)cc(NCc2ccc(C(=O)O)cn2)c1. The average molecular weight is 256 g/mol. The van der Waals surface area contributed by atoms with Gasteiger partial charge in [0.15, 0.2) is 0 Å². The van der Waals surface area contributed by atoms with Crippen LogP contribution in [0.4, 0.5) is 5.69 Å². The number of benzene rings is 1. The van der Waals surface area contributed by atoms with E-state index in [0.717, 1.165) is 11.4 Å². The molecule has 0 radical (unpaired) electrons. The van der Waals surface area contributed by atoms with Gasteiger partial charge in [-0.25, -0.2) is 4.79 Å². The highest BCUT2D eigenvalue weighted by atomic mass is 16.4. The molecule has 0 bridgehead atoms. The molecule has 2 N–H and O–H groups in total. The zero-order valence-electron chi connectivity index (χ0n) is 11.0. The Morgan fingerprint density at radius 1 is 1.21 bits per heavy atom. The van der Waals surface area contributed by atoms with Gasteiger partial charge in [0.25, 0.3) is 0 Å². The number of hydrogen-bond donors (Lipinski definition) is 2. The third kappa shape index (κ3) is 3.55. The number of aryl methyl sites for hydroxylation is 2. The first kappa shape index (κ1) is 13.1. The van der Waals surface area contributed by atoms with Crippen LogP contribution in [0, 0.1) is 13.8 Å². The number of carboxylic acid groups (broad SMARTS) is 1. The predicted molar refractivity (Wildman–Crippen MR) is 74.4 cm³/mol. The number of aromatic nitrogens is 1. The molecule has 2 aromatic rings. The van der Waals surface area contributed by atoms with Crippen molar-refractivity contribution in [2.75, 3.05) is 5.32 Å². The lowest BCUT2D eigenvalue weighted by molar-refractivity contribution is 0.0696. The van der Waals surface area contributed by atoms with Crippen molar-refractivity contribution in [1.29, 1.82) is 0 Å². The van der Waals surface area contributed by atoms with E-state index >= 15 is 0 Å². The fourth-order valence-corrected chi connectivity index (χ4v) is 1.92. The van der Waals surface area contributed by atoms with Crippen LogP contribution in [0.2, 0.25) is 0 Å². The summed E-state index contributed by atoms with van der Waals surface area (Å²) in [6, 6.07) is 9.54. The second-order valence-corrected chi connectivity index (χ2v) is 4.57. The minimum Gasteiger partial charge on any atom is -0.478 e. The van der Waals surface area contributed by atoms with Crippen LogP contribution in [0.15, 0.2) is 36.5 Å². The quantitative estimate of drug-likeness (QED) is 0.882. The summed E-state index contributed by atoms with van der Waals surface area (Å²) in [6.07, 6.45) is 1.38. The molecule has 0 aliphatic carbocycles. The van der Waals surface area contributed by atoms with Gasteiger partial charge in [-0.3, -0.25) is 4.98 Å². The van der Waals surface area contributed by atoms with Gasteiger partial charge >= 0.3 is 5.97 Å². The number of carboxylic acids is 1. The fraction of sp³-hybridized carbons (Fsp3) is 0.200. The lowest BCUT2D eigenvalue weighted by Crippen LogP contribution is -2.04. The number of pyridine rings is 1. The Morgan fingerprint density at radius 2 is 1.89 bits per heavy atom. The first-order chi connectivity index (χ1) is 9.04. The van der Waals surface area contributed by atoms with Crippen molar-refractivity contribution in [3.63, 3.8) is 0 Å². The molecule has 0 atom stereocenters. The molecule has 0 unspecified atom stereocenters. The molecule has 2 rings (SSSR count). The zero-order valence-corrected chi connectivity index (χ0v) is 11.0. The smallest absolute Gasteiger partial charge is 0.337 e. The molecule has 1 aromatic heterocycles. The average Bonchev–Trinajstić information content (AvgIpc) is 2.36. The van der Waals surface area contributed by atoms with Crippen LogP contribution in [-0.2, 0) is 6.54 Å². The molecule has 0 saturated heterocycles. The Morgan fingerprint density at radius 3 is 2.42 bits per heavy atom. The molecule has 0 aliphatic rings. The van der Waals surface area contributed by atoms with E-state index in [1.807, 2.05) is 0 Å². The Balaban J connectivity index is 2.03.